The summed E-state index contributed by atoms with van der Waals surface area (Å²) in [7, 11) is 0. The van der Waals surface area contributed by atoms with E-state index in [1.54, 1.807) is 0 Å². The van der Waals surface area contributed by atoms with Gasteiger partial charge in [0.25, 0.3) is 0 Å². The summed E-state index contributed by atoms with van der Waals surface area (Å²) in [5.41, 5.74) is 0. The Morgan fingerprint density at radius 3 is 1.44 bits per heavy atom. The minimum Gasteiger partial charge on any atom is -0.466 e. The predicted molar refractivity (Wildman–Crippen MR) is 110 cm³/mol. The van der Waals surface area contributed by atoms with Crippen molar-refractivity contribution < 1.29 is 9.53 Å². The summed E-state index contributed by atoms with van der Waals surface area (Å²) in [6.07, 6.45) is 23.0. The van der Waals surface area contributed by atoms with Crippen LogP contribution in [0, 0.1) is 5.92 Å². The second-order valence-electron chi connectivity index (χ2n) is 7.81. The summed E-state index contributed by atoms with van der Waals surface area (Å²) in [6.45, 7) is 6.68. The highest BCUT2D eigenvalue weighted by Gasteiger charge is 2.09. The molecule has 0 aliphatic carbocycles. The molecule has 0 spiro atoms. The van der Waals surface area contributed by atoms with Crippen molar-refractivity contribution in [1.82, 2.24) is 0 Å². The van der Waals surface area contributed by atoms with E-state index in [2.05, 4.69) is 13.8 Å². The molecule has 0 aliphatic rings. The third-order valence-corrected chi connectivity index (χ3v) is 5.26. The fourth-order valence-electron chi connectivity index (χ4n) is 3.58. The van der Waals surface area contributed by atoms with E-state index in [4.69, 9.17) is 4.74 Å². The molecule has 0 N–H and O–H groups in total. The number of hydrogen-bond donors (Lipinski definition) is 0. The van der Waals surface area contributed by atoms with Crippen molar-refractivity contribution in [2.45, 2.75) is 130 Å². The number of esters is 1. The summed E-state index contributed by atoms with van der Waals surface area (Å²) in [6, 6.07) is 0. The largest absolute Gasteiger partial charge is 0.466 e. The minimum atomic E-state index is -0.134. The van der Waals surface area contributed by atoms with E-state index in [1.807, 2.05) is 0 Å². The van der Waals surface area contributed by atoms with Crippen LogP contribution in [0.15, 0.2) is 0 Å². The standard InChI is InChI=1S/C23H46O2/c1-4-6-8-10-12-13-15-17-19-23(20-21-25-22(3)24)18-16-14-11-9-7-5-2/h23H,4-21H2,1-3H3. The van der Waals surface area contributed by atoms with Gasteiger partial charge in [-0.15, -0.1) is 0 Å². The van der Waals surface area contributed by atoms with Gasteiger partial charge < -0.3 is 4.74 Å². The smallest absolute Gasteiger partial charge is 0.302 e. The van der Waals surface area contributed by atoms with Crippen LogP contribution in [0.2, 0.25) is 0 Å². The van der Waals surface area contributed by atoms with E-state index >= 15 is 0 Å². The Morgan fingerprint density at radius 1 is 0.640 bits per heavy atom. The third-order valence-electron chi connectivity index (χ3n) is 5.26. The van der Waals surface area contributed by atoms with Crippen molar-refractivity contribution in [3.05, 3.63) is 0 Å². The molecular weight excluding hydrogens is 308 g/mol. The summed E-state index contributed by atoms with van der Waals surface area (Å²) < 4.78 is 5.18. The molecule has 0 aromatic heterocycles. The van der Waals surface area contributed by atoms with E-state index in [0.717, 1.165) is 12.3 Å². The maximum Gasteiger partial charge on any atom is 0.302 e. The number of carbonyl (C=O) groups excluding carboxylic acids is 1. The van der Waals surface area contributed by atoms with E-state index in [1.165, 1.54) is 110 Å². The van der Waals surface area contributed by atoms with Gasteiger partial charge in [0, 0.05) is 6.92 Å². The molecule has 0 saturated heterocycles. The molecule has 0 rings (SSSR count). The second kappa shape index (κ2) is 19.8. The molecule has 1 atom stereocenters. The first-order valence-corrected chi connectivity index (χ1v) is 11.3. The molecule has 0 aromatic rings. The Bertz CT molecular complexity index is 275. The summed E-state index contributed by atoms with van der Waals surface area (Å²) in [5, 5.41) is 0. The highest BCUT2D eigenvalue weighted by molar-refractivity contribution is 5.65. The molecule has 0 bridgehead atoms. The fraction of sp³-hybridized carbons (Fsp3) is 0.957. The van der Waals surface area contributed by atoms with Crippen LogP contribution in [-0.4, -0.2) is 12.6 Å². The molecule has 0 heterocycles. The van der Waals surface area contributed by atoms with Gasteiger partial charge in [0.15, 0.2) is 0 Å². The predicted octanol–water partition coefficient (Wildman–Crippen LogP) is 7.84. The Balaban J connectivity index is 3.75. The van der Waals surface area contributed by atoms with Crippen LogP contribution in [0.4, 0.5) is 0 Å². The van der Waals surface area contributed by atoms with Crippen LogP contribution in [0.3, 0.4) is 0 Å². The molecule has 2 nitrogen and oxygen atoms in total. The van der Waals surface area contributed by atoms with Crippen LogP contribution >= 0.6 is 0 Å². The number of unbranched alkanes of at least 4 members (excludes halogenated alkanes) is 12. The van der Waals surface area contributed by atoms with Gasteiger partial charge in [0.2, 0.25) is 0 Å². The van der Waals surface area contributed by atoms with E-state index < -0.39 is 0 Å². The second-order valence-corrected chi connectivity index (χ2v) is 7.81. The molecule has 150 valence electrons. The van der Waals surface area contributed by atoms with Crippen molar-refractivity contribution >= 4 is 5.97 Å². The zero-order valence-corrected chi connectivity index (χ0v) is 17.6. The first-order valence-electron chi connectivity index (χ1n) is 11.3. The van der Waals surface area contributed by atoms with Crippen LogP contribution in [0.5, 0.6) is 0 Å². The Labute approximate surface area is 158 Å². The average Bonchev–Trinajstić information content (AvgIpc) is 2.59. The van der Waals surface area contributed by atoms with E-state index in [0.29, 0.717) is 6.61 Å². The van der Waals surface area contributed by atoms with Crippen molar-refractivity contribution in [2.75, 3.05) is 6.61 Å². The molecule has 2 heteroatoms. The SMILES string of the molecule is CCCCCCCCCCC(CCCCCCCC)CCOC(C)=O. The van der Waals surface area contributed by atoms with Gasteiger partial charge in [-0.1, -0.05) is 117 Å². The van der Waals surface area contributed by atoms with Crippen LogP contribution < -0.4 is 0 Å². The van der Waals surface area contributed by atoms with Crippen molar-refractivity contribution in [3.8, 4) is 0 Å². The molecule has 0 aromatic carbocycles. The lowest BCUT2D eigenvalue weighted by molar-refractivity contribution is -0.141. The first kappa shape index (κ1) is 24.5. The molecular formula is C23H46O2. The molecule has 0 radical (unpaired) electrons. The Hall–Kier alpha value is -0.530. The van der Waals surface area contributed by atoms with Crippen molar-refractivity contribution in [2.24, 2.45) is 5.92 Å². The zero-order valence-electron chi connectivity index (χ0n) is 17.6. The highest BCUT2D eigenvalue weighted by atomic mass is 16.5. The normalized spacial score (nSPS) is 12.3. The van der Waals surface area contributed by atoms with Crippen LogP contribution in [0.25, 0.3) is 0 Å². The van der Waals surface area contributed by atoms with Gasteiger partial charge in [0.05, 0.1) is 6.61 Å². The Morgan fingerprint density at radius 2 is 1.04 bits per heavy atom. The molecule has 0 fully saturated rings. The summed E-state index contributed by atoms with van der Waals surface area (Å²) in [4.78, 5) is 11.0. The van der Waals surface area contributed by atoms with Gasteiger partial charge in [-0.25, -0.2) is 0 Å². The monoisotopic (exact) mass is 354 g/mol. The van der Waals surface area contributed by atoms with E-state index in [9.17, 15) is 4.79 Å². The number of rotatable bonds is 19. The van der Waals surface area contributed by atoms with Crippen molar-refractivity contribution in [3.63, 3.8) is 0 Å². The molecule has 0 aliphatic heterocycles. The zero-order chi connectivity index (χ0) is 18.6. The summed E-state index contributed by atoms with van der Waals surface area (Å²) in [5.74, 6) is 0.621. The number of carbonyl (C=O) groups is 1. The van der Waals surface area contributed by atoms with Crippen molar-refractivity contribution in [1.29, 1.82) is 0 Å². The average molecular weight is 355 g/mol. The Kier molecular flexibility index (Phi) is 19.4. The lowest BCUT2D eigenvalue weighted by atomic mass is 9.91. The highest BCUT2D eigenvalue weighted by Crippen LogP contribution is 2.22. The summed E-state index contributed by atoms with van der Waals surface area (Å²) >= 11 is 0. The third kappa shape index (κ3) is 19.6. The van der Waals surface area contributed by atoms with Gasteiger partial charge in [0.1, 0.15) is 0 Å². The van der Waals surface area contributed by atoms with Gasteiger partial charge >= 0.3 is 5.97 Å². The van der Waals surface area contributed by atoms with E-state index in [-0.39, 0.29) is 5.97 Å². The maximum atomic E-state index is 11.0. The fourth-order valence-corrected chi connectivity index (χ4v) is 3.58. The maximum absolute atomic E-state index is 11.0. The number of hydrogen-bond acceptors (Lipinski definition) is 2. The number of ether oxygens (including phenoxy) is 1. The lowest BCUT2D eigenvalue weighted by Gasteiger charge is -2.17. The topological polar surface area (TPSA) is 26.3 Å². The minimum absolute atomic E-state index is 0.134. The van der Waals surface area contributed by atoms with Gasteiger partial charge in [-0.3, -0.25) is 4.79 Å². The molecule has 1 unspecified atom stereocenters. The lowest BCUT2D eigenvalue weighted by Crippen LogP contribution is -2.08. The van der Waals surface area contributed by atoms with Crippen LogP contribution in [0.1, 0.15) is 130 Å². The quantitative estimate of drug-likeness (QED) is 0.174. The molecule has 25 heavy (non-hydrogen) atoms. The first-order chi connectivity index (χ1) is 12.2. The van der Waals surface area contributed by atoms with Gasteiger partial charge in [-0.2, -0.15) is 0 Å². The van der Waals surface area contributed by atoms with Crippen LogP contribution in [-0.2, 0) is 9.53 Å². The van der Waals surface area contributed by atoms with Gasteiger partial charge in [-0.05, 0) is 12.3 Å². The molecule has 0 saturated carbocycles. The molecule has 0 amide bonds.